The minimum absolute atomic E-state index is 0.214. The molecule has 0 N–H and O–H groups in total. The van der Waals surface area contributed by atoms with Gasteiger partial charge < -0.3 is 18.9 Å². The van der Waals surface area contributed by atoms with Crippen LogP contribution in [-0.4, -0.2) is 37.2 Å². The monoisotopic (exact) mass is 388 g/mol. The highest BCUT2D eigenvalue weighted by atomic mass is 19.1. The van der Waals surface area contributed by atoms with Crippen LogP contribution in [0.15, 0.2) is 48.5 Å². The highest BCUT2D eigenvalue weighted by Crippen LogP contribution is 2.23. The molecule has 2 aromatic carbocycles. The van der Waals surface area contributed by atoms with Crippen LogP contribution in [0.4, 0.5) is 4.39 Å². The van der Waals surface area contributed by atoms with Crippen LogP contribution in [-0.2, 0) is 25.6 Å². The van der Waals surface area contributed by atoms with Gasteiger partial charge in [-0.2, -0.15) is 0 Å². The van der Waals surface area contributed by atoms with E-state index >= 15 is 0 Å². The van der Waals surface area contributed by atoms with E-state index in [-0.39, 0.29) is 12.4 Å². The number of rotatable bonds is 6. The van der Waals surface area contributed by atoms with E-state index in [1.165, 1.54) is 12.1 Å². The van der Waals surface area contributed by atoms with E-state index in [4.69, 9.17) is 18.9 Å². The topological polar surface area (TPSA) is 54.0 Å². The fraction of sp³-hybridized carbons (Fsp3) is 0.409. The van der Waals surface area contributed by atoms with Crippen molar-refractivity contribution in [1.29, 1.82) is 0 Å². The number of ether oxygens (including phenoxy) is 4. The fourth-order valence-electron chi connectivity index (χ4n) is 3.10. The molecule has 1 saturated heterocycles. The minimum Gasteiger partial charge on any atom is -0.456 e. The van der Waals surface area contributed by atoms with Gasteiger partial charge in [0.1, 0.15) is 24.1 Å². The molecule has 150 valence electrons. The van der Waals surface area contributed by atoms with Crippen LogP contribution in [0.5, 0.6) is 0 Å². The number of carbonyl (C=O) groups excluding carboxylic acids is 1. The van der Waals surface area contributed by atoms with Crippen LogP contribution in [0, 0.1) is 12.7 Å². The molecule has 0 saturated carbocycles. The largest absolute Gasteiger partial charge is 0.456 e. The van der Waals surface area contributed by atoms with Gasteiger partial charge in [-0.3, -0.25) is 0 Å². The molecule has 2 aromatic rings. The average Bonchev–Trinajstić information content (AvgIpc) is 2.70. The van der Waals surface area contributed by atoms with Crippen molar-refractivity contribution in [2.24, 2.45) is 0 Å². The molecule has 6 heteroatoms. The first-order valence-electron chi connectivity index (χ1n) is 9.33. The predicted molar refractivity (Wildman–Crippen MR) is 101 cm³/mol. The van der Waals surface area contributed by atoms with Crippen LogP contribution in [0.1, 0.15) is 35.3 Å². The number of esters is 1. The summed E-state index contributed by atoms with van der Waals surface area (Å²) in [4.78, 5) is 12.4. The molecule has 1 heterocycles. The SMILES string of the molecule is Cc1ccc(F)cc1CO[C@H]1CO[C@@H](C)O[C@@H]1C(C)OC(=O)c1ccccc1. The van der Waals surface area contributed by atoms with Gasteiger partial charge in [0.25, 0.3) is 0 Å². The fourth-order valence-corrected chi connectivity index (χ4v) is 3.10. The lowest BCUT2D eigenvalue weighted by molar-refractivity contribution is -0.272. The second-order valence-electron chi connectivity index (χ2n) is 6.90. The maximum absolute atomic E-state index is 13.5. The smallest absolute Gasteiger partial charge is 0.338 e. The average molecular weight is 388 g/mol. The van der Waals surface area contributed by atoms with Crippen LogP contribution in [0.3, 0.4) is 0 Å². The van der Waals surface area contributed by atoms with Gasteiger partial charge in [-0.05, 0) is 56.2 Å². The zero-order valence-corrected chi connectivity index (χ0v) is 16.3. The standard InChI is InChI=1S/C22H25FO5/c1-14-9-10-19(23)11-18(14)12-26-20-13-25-16(3)28-21(20)15(2)27-22(24)17-7-5-4-6-8-17/h4-11,15-16,20-21H,12-13H2,1-3H3/t15?,16-,20+,21-/m1/s1. The van der Waals surface area contributed by atoms with Gasteiger partial charge in [-0.1, -0.05) is 24.3 Å². The Balaban J connectivity index is 1.66. The third kappa shape index (κ3) is 5.16. The molecular formula is C22H25FO5. The van der Waals surface area contributed by atoms with E-state index in [0.717, 1.165) is 11.1 Å². The lowest BCUT2D eigenvalue weighted by atomic mass is 10.1. The molecule has 0 amide bonds. The van der Waals surface area contributed by atoms with Gasteiger partial charge in [0.05, 0.1) is 18.8 Å². The molecule has 1 aliphatic heterocycles. The van der Waals surface area contributed by atoms with Crippen LogP contribution >= 0.6 is 0 Å². The van der Waals surface area contributed by atoms with Gasteiger partial charge in [0.15, 0.2) is 6.29 Å². The number of carbonyl (C=O) groups is 1. The highest BCUT2D eigenvalue weighted by molar-refractivity contribution is 5.89. The van der Waals surface area contributed by atoms with Gasteiger partial charge in [0, 0.05) is 0 Å². The summed E-state index contributed by atoms with van der Waals surface area (Å²) >= 11 is 0. The van der Waals surface area contributed by atoms with Crippen molar-refractivity contribution in [3.8, 4) is 0 Å². The van der Waals surface area contributed by atoms with Gasteiger partial charge in [0.2, 0.25) is 0 Å². The quantitative estimate of drug-likeness (QED) is 0.700. The van der Waals surface area contributed by atoms with Crippen molar-refractivity contribution >= 4 is 5.97 Å². The second-order valence-corrected chi connectivity index (χ2v) is 6.90. The third-order valence-electron chi connectivity index (χ3n) is 4.74. The van der Waals surface area contributed by atoms with E-state index < -0.39 is 30.6 Å². The van der Waals surface area contributed by atoms with Gasteiger partial charge in [-0.15, -0.1) is 0 Å². The van der Waals surface area contributed by atoms with Crippen molar-refractivity contribution in [2.75, 3.05) is 6.61 Å². The summed E-state index contributed by atoms with van der Waals surface area (Å²) in [5.41, 5.74) is 2.17. The summed E-state index contributed by atoms with van der Waals surface area (Å²) in [6.07, 6.45) is -1.92. The second kappa shape index (κ2) is 9.28. The van der Waals surface area contributed by atoms with Crippen molar-refractivity contribution in [3.05, 3.63) is 71.0 Å². The molecule has 5 nitrogen and oxygen atoms in total. The molecule has 3 rings (SSSR count). The van der Waals surface area contributed by atoms with Crippen molar-refractivity contribution in [2.45, 2.75) is 52.0 Å². The molecule has 4 atom stereocenters. The van der Waals surface area contributed by atoms with Gasteiger partial charge >= 0.3 is 5.97 Å². The Kier molecular flexibility index (Phi) is 6.78. The summed E-state index contributed by atoms with van der Waals surface area (Å²) in [5.74, 6) is -0.730. The number of hydrogen-bond acceptors (Lipinski definition) is 5. The number of hydrogen-bond donors (Lipinski definition) is 0. The van der Waals surface area contributed by atoms with Crippen molar-refractivity contribution < 1.29 is 28.1 Å². The molecule has 28 heavy (non-hydrogen) atoms. The van der Waals surface area contributed by atoms with E-state index in [2.05, 4.69) is 0 Å². The molecule has 0 aromatic heterocycles. The van der Waals surface area contributed by atoms with Crippen LogP contribution in [0.25, 0.3) is 0 Å². The van der Waals surface area contributed by atoms with Gasteiger partial charge in [-0.25, -0.2) is 9.18 Å². The Hall–Kier alpha value is -2.28. The zero-order chi connectivity index (χ0) is 20.1. The van der Waals surface area contributed by atoms with Crippen LogP contribution < -0.4 is 0 Å². The summed E-state index contributed by atoms with van der Waals surface area (Å²) in [5, 5.41) is 0. The van der Waals surface area contributed by atoms with E-state index in [9.17, 15) is 9.18 Å². The Bertz CT molecular complexity index is 795. The number of aryl methyl sites for hydroxylation is 1. The number of benzene rings is 2. The van der Waals surface area contributed by atoms with Crippen molar-refractivity contribution in [1.82, 2.24) is 0 Å². The Labute approximate surface area is 164 Å². The molecule has 0 radical (unpaired) electrons. The molecule has 1 unspecified atom stereocenters. The van der Waals surface area contributed by atoms with E-state index in [1.807, 2.05) is 13.0 Å². The maximum Gasteiger partial charge on any atom is 0.338 e. The summed E-state index contributed by atoms with van der Waals surface area (Å²) in [6.45, 7) is 5.97. The van der Waals surface area contributed by atoms with E-state index in [1.54, 1.807) is 44.2 Å². The third-order valence-corrected chi connectivity index (χ3v) is 4.74. The lowest BCUT2D eigenvalue weighted by Gasteiger charge is -2.37. The normalized spacial score (nSPS) is 23.2. The summed E-state index contributed by atoms with van der Waals surface area (Å²) < 4.78 is 36.4. The molecular weight excluding hydrogens is 363 g/mol. The molecule has 1 aliphatic rings. The predicted octanol–water partition coefficient (Wildman–Crippen LogP) is 4.03. The molecule has 0 spiro atoms. The minimum atomic E-state index is -0.544. The highest BCUT2D eigenvalue weighted by Gasteiger charge is 2.37. The van der Waals surface area contributed by atoms with Crippen molar-refractivity contribution in [3.63, 3.8) is 0 Å². The summed E-state index contributed by atoms with van der Waals surface area (Å²) in [7, 11) is 0. The van der Waals surface area contributed by atoms with Crippen LogP contribution in [0.2, 0.25) is 0 Å². The Morgan fingerprint density at radius 1 is 1.25 bits per heavy atom. The Morgan fingerprint density at radius 2 is 2.00 bits per heavy atom. The van der Waals surface area contributed by atoms with E-state index in [0.29, 0.717) is 12.2 Å². The zero-order valence-electron chi connectivity index (χ0n) is 16.3. The number of halogens is 1. The first kappa shape index (κ1) is 20.5. The molecule has 0 bridgehead atoms. The maximum atomic E-state index is 13.5. The first-order chi connectivity index (χ1) is 13.4. The molecule has 0 aliphatic carbocycles. The lowest BCUT2D eigenvalue weighted by Crippen LogP contribution is -2.50. The first-order valence-corrected chi connectivity index (χ1v) is 9.33. The summed E-state index contributed by atoms with van der Waals surface area (Å²) in [6, 6.07) is 13.4. The Morgan fingerprint density at radius 3 is 2.75 bits per heavy atom. The molecule has 1 fully saturated rings.